The second-order valence-electron chi connectivity index (χ2n) is 5.45. The Morgan fingerprint density at radius 3 is 2.33 bits per heavy atom. The van der Waals surface area contributed by atoms with E-state index in [1.54, 1.807) is 13.8 Å². The Balaban J connectivity index is 2.28. The SMILES string of the molecule is Cc1cc(C(F)(F)F)ccc1C(C)(O)CC1CC1. The summed E-state index contributed by atoms with van der Waals surface area (Å²) in [6, 6.07) is 3.56. The molecule has 0 bridgehead atoms. The van der Waals surface area contributed by atoms with Crippen molar-refractivity contribution in [2.45, 2.75) is 44.9 Å². The molecular weight excluding hydrogens is 241 g/mol. The first-order valence-electron chi connectivity index (χ1n) is 6.11. The zero-order valence-corrected chi connectivity index (χ0v) is 10.5. The molecule has 1 aromatic rings. The van der Waals surface area contributed by atoms with E-state index in [0.717, 1.165) is 25.0 Å². The van der Waals surface area contributed by atoms with Gasteiger partial charge in [-0.3, -0.25) is 0 Å². The van der Waals surface area contributed by atoms with Crippen molar-refractivity contribution in [2.24, 2.45) is 5.92 Å². The third-order valence-corrected chi connectivity index (χ3v) is 3.52. The highest BCUT2D eigenvalue weighted by atomic mass is 19.4. The van der Waals surface area contributed by atoms with E-state index in [1.165, 1.54) is 6.07 Å². The summed E-state index contributed by atoms with van der Waals surface area (Å²) >= 11 is 0. The standard InChI is InChI=1S/C14H17F3O/c1-9-7-11(14(15,16)17)5-6-12(9)13(2,18)8-10-3-4-10/h5-7,10,18H,3-4,8H2,1-2H3. The van der Waals surface area contributed by atoms with Crippen LogP contribution >= 0.6 is 0 Å². The van der Waals surface area contributed by atoms with Crippen molar-refractivity contribution < 1.29 is 18.3 Å². The van der Waals surface area contributed by atoms with Crippen molar-refractivity contribution in [3.05, 3.63) is 34.9 Å². The monoisotopic (exact) mass is 258 g/mol. The molecule has 0 saturated heterocycles. The van der Waals surface area contributed by atoms with Crippen LogP contribution in [0.5, 0.6) is 0 Å². The van der Waals surface area contributed by atoms with E-state index in [9.17, 15) is 18.3 Å². The Morgan fingerprint density at radius 2 is 1.89 bits per heavy atom. The van der Waals surface area contributed by atoms with Gasteiger partial charge in [-0.25, -0.2) is 0 Å². The molecule has 1 saturated carbocycles. The zero-order valence-electron chi connectivity index (χ0n) is 10.5. The van der Waals surface area contributed by atoms with Crippen molar-refractivity contribution in [1.82, 2.24) is 0 Å². The molecule has 0 aliphatic heterocycles. The van der Waals surface area contributed by atoms with Crippen LogP contribution in [0.2, 0.25) is 0 Å². The van der Waals surface area contributed by atoms with E-state index < -0.39 is 17.3 Å². The van der Waals surface area contributed by atoms with Gasteiger partial charge in [0.2, 0.25) is 0 Å². The number of rotatable bonds is 3. The predicted molar refractivity (Wildman–Crippen MR) is 63.1 cm³/mol. The highest BCUT2D eigenvalue weighted by Gasteiger charge is 2.35. The van der Waals surface area contributed by atoms with Crippen molar-refractivity contribution in [3.63, 3.8) is 0 Å². The quantitative estimate of drug-likeness (QED) is 0.868. The van der Waals surface area contributed by atoms with E-state index >= 15 is 0 Å². The zero-order chi connectivity index (χ0) is 13.6. The van der Waals surface area contributed by atoms with Gasteiger partial charge in [0.05, 0.1) is 11.2 Å². The maximum absolute atomic E-state index is 12.6. The van der Waals surface area contributed by atoms with Crippen LogP contribution in [0.4, 0.5) is 13.2 Å². The summed E-state index contributed by atoms with van der Waals surface area (Å²) in [5.74, 6) is 0.515. The van der Waals surface area contributed by atoms with Crippen LogP contribution in [0, 0.1) is 12.8 Å². The summed E-state index contributed by atoms with van der Waals surface area (Å²) in [7, 11) is 0. The first-order valence-corrected chi connectivity index (χ1v) is 6.11. The molecule has 1 aliphatic carbocycles. The Hall–Kier alpha value is -1.03. The first-order chi connectivity index (χ1) is 8.20. The summed E-state index contributed by atoms with van der Waals surface area (Å²) in [4.78, 5) is 0. The fourth-order valence-corrected chi connectivity index (χ4v) is 2.44. The second-order valence-corrected chi connectivity index (χ2v) is 5.45. The Kier molecular flexibility index (Phi) is 3.18. The minimum absolute atomic E-state index is 0.496. The average Bonchev–Trinajstić information content (AvgIpc) is 2.98. The molecule has 1 fully saturated rings. The summed E-state index contributed by atoms with van der Waals surface area (Å²) in [5, 5.41) is 10.4. The second kappa shape index (κ2) is 4.26. The van der Waals surface area contributed by atoms with Gasteiger partial charge in [0.25, 0.3) is 0 Å². The molecule has 18 heavy (non-hydrogen) atoms. The molecule has 100 valence electrons. The van der Waals surface area contributed by atoms with Crippen LogP contribution in [-0.4, -0.2) is 5.11 Å². The highest BCUT2D eigenvalue weighted by Crippen LogP contribution is 2.42. The molecule has 1 aromatic carbocycles. The van der Waals surface area contributed by atoms with Gasteiger partial charge in [-0.1, -0.05) is 18.9 Å². The Bertz CT molecular complexity index is 445. The van der Waals surface area contributed by atoms with E-state index in [4.69, 9.17) is 0 Å². The summed E-state index contributed by atoms with van der Waals surface area (Å²) in [6.07, 6.45) is -1.49. The molecule has 1 aliphatic rings. The fourth-order valence-electron chi connectivity index (χ4n) is 2.44. The van der Waals surface area contributed by atoms with Crippen LogP contribution in [0.3, 0.4) is 0 Å². The van der Waals surface area contributed by atoms with Crippen LogP contribution in [-0.2, 0) is 11.8 Å². The van der Waals surface area contributed by atoms with Gasteiger partial charge in [0.1, 0.15) is 0 Å². The molecule has 0 spiro atoms. The van der Waals surface area contributed by atoms with Gasteiger partial charge >= 0.3 is 6.18 Å². The van der Waals surface area contributed by atoms with Crippen molar-refractivity contribution in [1.29, 1.82) is 0 Å². The summed E-state index contributed by atoms with van der Waals surface area (Å²) in [5.41, 5.74) is -0.598. The van der Waals surface area contributed by atoms with E-state index in [-0.39, 0.29) is 0 Å². The van der Waals surface area contributed by atoms with Crippen molar-refractivity contribution in [3.8, 4) is 0 Å². The molecule has 0 amide bonds. The topological polar surface area (TPSA) is 20.2 Å². The summed E-state index contributed by atoms with van der Waals surface area (Å²) in [6.45, 7) is 3.30. The lowest BCUT2D eigenvalue weighted by molar-refractivity contribution is -0.137. The lowest BCUT2D eigenvalue weighted by Gasteiger charge is -2.26. The van der Waals surface area contributed by atoms with E-state index in [2.05, 4.69) is 0 Å². The normalized spacial score (nSPS) is 19.7. The third kappa shape index (κ3) is 2.86. The van der Waals surface area contributed by atoms with Crippen LogP contribution in [0.25, 0.3) is 0 Å². The largest absolute Gasteiger partial charge is 0.416 e. The van der Waals surface area contributed by atoms with Gasteiger partial charge in [0, 0.05) is 0 Å². The smallest absolute Gasteiger partial charge is 0.385 e. The Morgan fingerprint density at radius 1 is 1.28 bits per heavy atom. The third-order valence-electron chi connectivity index (χ3n) is 3.52. The van der Waals surface area contributed by atoms with Crippen molar-refractivity contribution in [2.75, 3.05) is 0 Å². The molecule has 1 unspecified atom stereocenters. The lowest BCUT2D eigenvalue weighted by atomic mass is 9.86. The maximum Gasteiger partial charge on any atom is 0.416 e. The molecular formula is C14H17F3O. The van der Waals surface area contributed by atoms with Crippen LogP contribution < -0.4 is 0 Å². The minimum Gasteiger partial charge on any atom is -0.385 e. The maximum atomic E-state index is 12.6. The van der Waals surface area contributed by atoms with E-state index in [0.29, 0.717) is 23.5 Å². The molecule has 1 N–H and O–H groups in total. The van der Waals surface area contributed by atoms with Gasteiger partial charge in [-0.05, 0) is 49.4 Å². The number of aliphatic hydroxyl groups is 1. The van der Waals surface area contributed by atoms with Crippen molar-refractivity contribution >= 4 is 0 Å². The van der Waals surface area contributed by atoms with Gasteiger partial charge < -0.3 is 5.11 Å². The van der Waals surface area contributed by atoms with Crippen LogP contribution in [0.15, 0.2) is 18.2 Å². The van der Waals surface area contributed by atoms with Gasteiger partial charge in [-0.2, -0.15) is 13.2 Å². The van der Waals surface area contributed by atoms with Gasteiger partial charge in [0.15, 0.2) is 0 Å². The number of halogens is 3. The molecule has 0 radical (unpaired) electrons. The number of hydrogen-bond acceptors (Lipinski definition) is 1. The van der Waals surface area contributed by atoms with Gasteiger partial charge in [-0.15, -0.1) is 0 Å². The molecule has 1 nitrogen and oxygen atoms in total. The highest BCUT2D eigenvalue weighted by molar-refractivity contribution is 5.36. The minimum atomic E-state index is -4.33. The number of benzene rings is 1. The predicted octanol–water partition coefficient (Wildman–Crippen LogP) is 4.02. The fraction of sp³-hybridized carbons (Fsp3) is 0.571. The van der Waals surface area contributed by atoms with Crippen LogP contribution in [0.1, 0.15) is 42.9 Å². The molecule has 2 rings (SSSR count). The Labute approximate surface area is 105 Å². The first kappa shape index (κ1) is 13.4. The number of aryl methyl sites for hydroxylation is 1. The van der Waals surface area contributed by atoms with E-state index in [1.807, 2.05) is 0 Å². The molecule has 1 atom stereocenters. The molecule has 0 aromatic heterocycles. The number of hydrogen-bond donors (Lipinski definition) is 1. The molecule has 0 heterocycles. The summed E-state index contributed by atoms with van der Waals surface area (Å²) < 4.78 is 37.7. The average molecular weight is 258 g/mol. The lowest BCUT2D eigenvalue weighted by Crippen LogP contribution is -2.23. The number of alkyl halides is 3. The molecule has 4 heteroatoms.